The number of amides is 2. The first kappa shape index (κ1) is 20.4. The second-order valence-corrected chi connectivity index (χ2v) is 8.92. The molecule has 1 unspecified atom stereocenters. The van der Waals surface area contributed by atoms with Crippen LogP contribution in [0.1, 0.15) is 51.9 Å². The Morgan fingerprint density at radius 2 is 1.93 bits per heavy atom. The van der Waals surface area contributed by atoms with Gasteiger partial charge in [0.2, 0.25) is 11.8 Å². The van der Waals surface area contributed by atoms with Crippen molar-refractivity contribution in [2.45, 2.75) is 57.9 Å². The summed E-state index contributed by atoms with van der Waals surface area (Å²) < 4.78 is 0. The van der Waals surface area contributed by atoms with Crippen LogP contribution in [0.4, 0.5) is 0 Å². The molecule has 2 aliphatic carbocycles. The Bertz CT molecular complexity index is 615. The van der Waals surface area contributed by atoms with E-state index in [2.05, 4.69) is 17.5 Å². The Hall–Kier alpha value is -1.33. The lowest BCUT2D eigenvalue weighted by molar-refractivity contribution is -0.134. The minimum Gasteiger partial charge on any atom is -0.353 e. The van der Waals surface area contributed by atoms with Crippen molar-refractivity contribution in [1.82, 2.24) is 10.2 Å². The van der Waals surface area contributed by atoms with Crippen LogP contribution in [-0.4, -0.2) is 42.4 Å². The second kappa shape index (κ2) is 8.78. The van der Waals surface area contributed by atoms with Gasteiger partial charge in [0, 0.05) is 37.0 Å². The molecule has 1 saturated carbocycles. The number of halogens is 1. The fourth-order valence-electron chi connectivity index (χ4n) is 4.90. The van der Waals surface area contributed by atoms with Gasteiger partial charge < -0.3 is 16.0 Å². The van der Waals surface area contributed by atoms with Crippen molar-refractivity contribution in [1.29, 1.82) is 0 Å². The van der Waals surface area contributed by atoms with E-state index in [1.807, 2.05) is 11.0 Å². The molecule has 2 fully saturated rings. The van der Waals surface area contributed by atoms with Crippen LogP contribution in [0.15, 0.2) is 23.3 Å². The van der Waals surface area contributed by atoms with Crippen molar-refractivity contribution >= 4 is 23.4 Å². The molecule has 150 valence electrons. The predicted octanol–water partition coefficient (Wildman–Crippen LogP) is 2.95. The number of allylic oxidation sites excluding steroid dienone is 4. The summed E-state index contributed by atoms with van der Waals surface area (Å²) in [6.45, 7) is 3.64. The minimum absolute atomic E-state index is 0.0343. The number of hydrogen-bond acceptors (Lipinski definition) is 3. The Morgan fingerprint density at radius 1 is 1.26 bits per heavy atom. The number of hydrogen-bond donors (Lipinski definition) is 2. The molecular weight excluding hydrogens is 362 g/mol. The summed E-state index contributed by atoms with van der Waals surface area (Å²) in [6.07, 6.45) is 12.7. The lowest BCUT2D eigenvalue weighted by Gasteiger charge is -2.45. The summed E-state index contributed by atoms with van der Waals surface area (Å²) in [5, 5.41) is 4.17. The lowest BCUT2D eigenvalue weighted by Crippen LogP contribution is -2.49. The Labute approximate surface area is 167 Å². The van der Waals surface area contributed by atoms with E-state index in [4.69, 9.17) is 17.3 Å². The van der Waals surface area contributed by atoms with E-state index < -0.39 is 0 Å². The van der Waals surface area contributed by atoms with Crippen LogP contribution in [-0.2, 0) is 9.59 Å². The van der Waals surface area contributed by atoms with E-state index in [1.165, 1.54) is 0 Å². The summed E-state index contributed by atoms with van der Waals surface area (Å²) in [6, 6.07) is 0.238. The molecule has 2 amide bonds. The number of carbonyl (C=O) groups excluding carboxylic acids is 2. The molecule has 1 heterocycles. The van der Waals surface area contributed by atoms with E-state index >= 15 is 0 Å². The summed E-state index contributed by atoms with van der Waals surface area (Å²) >= 11 is 6.25. The summed E-state index contributed by atoms with van der Waals surface area (Å²) in [4.78, 5) is 25.9. The molecule has 5 nitrogen and oxygen atoms in total. The van der Waals surface area contributed by atoms with Crippen molar-refractivity contribution in [2.24, 2.45) is 23.0 Å². The van der Waals surface area contributed by atoms with Crippen LogP contribution >= 0.6 is 11.6 Å². The van der Waals surface area contributed by atoms with Crippen LogP contribution in [0.5, 0.6) is 0 Å². The second-order valence-electron chi connectivity index (χ2n) is 8.44. The van der Waals surface area contributed by atoms with Crippen molar-refractivity contribution in [2.75, 3.05) is 19.6 Å². The Balaban J connectivity index is 1.49. The van der Waals surface area contributed by atoms with Gasteiger partial charge in [-0.05, 0) is 68.9 Å². The monoisotopic (exact) mass is 393 g/mol. The van der Waals surface area contributed by atoms with Gasteiger partial charge in [0.15, 0.2) is 0 Å². The van der Waals surface area contributed by atoms with E-state index in [0.717, 1.165) is 50.0 Å². The molecule has 1 aliphatic heterocycles. The third-order valence-corrected chi connectivity index (χ3v) is 7.15. The first-order chi connectivity index (χ1) is 12.9. The molecule has 0 aromatic heterocycles. The Kier molecular flexibility index (Phi) is 6.64. The molecule has 0 bridgehead atoms. The summed E-state index contributed by atoms with van der Waals surface area (Å²) in [5.41, 5.74) is 6.30. The number of piperidine rings is 1. The standard InChI is InChI=1S/C21H32ClN3O2/c1-15(26)25-11-7-16(8-12-25)20(27)24-19-5-9-21(14-23,10-6-19)17-3-2-4-18(22)13-17/h2-4,16-17,19H,5-14,23H2,1H3,(H,24,27)/t17?,19-,21+. The smallest absolute Gasteiger partial charge is 0.223 e. The molecule has 0 radical (unpaired) electrons. The first-order valence-corrected chi connectivity index (χ1v) is 10.6. The van der Waals surface area contributed by atoms with Gasteiger partial charge in [0.25, 0.3) is 0 Å². The molecule has 3 rings (SSSR count). The third kappa shape index (κ3) is 4.75. The van der Waals surface area contributed by atoms with E-state index in [1.54, 1.807) is 6.92 Å². The molecule has 3 N–H and O–H groups in total. The summed E-state index contributed by atoms with van der Waals surface area (Å²) in [5.74, 6) is 0.692. The number of carbonyl (C=O) groups is 2. The normalized spacial score (nSPS) is 32.1. The third-order valence-electron chi connectivity index (χ3n) is 6.87. The average Bonchev–Trinajstić information content (AvgIpc) is 2.69. The Morgan fingerprint density at radius 3 is 2.48 bits per heavy atom. The van der Waals surface area contributed by atoms with Gasteiger partial charge in [0.05, 0.1) is 0 Å². The van der Waals surface area contributed by atoms with Crippen LogP contribution in [0, 0.1) is 17.3 Å². The van der Waals surface area contributed by atoms with Gasteiger partial charge in [-0.2, -0.15) is 0 Å². The highest BCUT2D eigenvalue weighted by Crippen LogP contribution is 2.46. The molecule has 1 atom stereocenters. The van der Waals surface area contributed by atoms with Crippen molar-refractivity contribution < 1.29 is 9.59 Å². The van der Waals surface area contributed by atoms with Crippen LogP contribution in [0.25, 0.3) is 0 Å². The average molecular weight is 394 g/mol. The number of rotatable bonds is 4. The van der Waals surface area contributed by atoms with Crippen LogP contribution in [0.2, 0.25) is 0 Å². The molecular formula is C21H32ClN3O2. The maximum absolute atomic E-state index is 12.6. The zero-order valence-corrected chi connectivity index (χ0v) is 17.0. The zero-order chi connectivity index (χ0) is 19.4. The van der Waals surface area contributed by atoms with Crippen molar-refractivity contribution in [3.05, 3.63) is 23.3 Å². The van der Waals surface area contributed by atoms with Gasteiger partial charge in [-0.25, -0.2) is 0 Å². The molecule has 0 aromatic rings. The number of nitrogens with two attached hydrogens (primary N) is 1. The van der Waals surface area contributed by atoms with E-state index in [0.29, 0.717) is 25.6 Å². The molecule has 3 aliphatic rings. The number of nitrogens with one attached hydrogen (secondary N) is 1. The predicted molar refractivity (Wildman–Crippen MR) is 108 cm³/mol. The fourth-order valence-corrected chi connectivity index (χ4v) is 5.14. The van der Waals surface area contributed by atoms with Crippen LogP contribution in [0.3, 0.4) is 0 Å². The molecule has 27 heavy (non-hydrogen) atoms. The molecule has 1 saturated heterocycles. The molecule has 0 aromatic carbocycles. The van der Waals surface area contributed by atoms with Crippen molar-refractivity contribution in [3.8, 4) is 0 Å². The zero-order valence-electron chi connectivity index (χ0n) is 16.3. The highest BCUT2D eigenvalue weighted by atomic mass is 35.5. The van der Waals surface area contributed by atoms with Gasteiger partial charge in [-0.15, -0.1) is 0 Å². The maximum atomic E-state index is 12.6. The van der Waals surface area contributed by atoms with E-state index in [-0.39, 0.29) is 29.2 Å². The quantitative estimate of drug-likeness (QED) is 0.771. The number of likely N-dealkylation sites (tertiary alicyclic amines) is 1. The van der Waals surface area contributed by atoms with Gasteiger partial charge in [-0.1, -0.05) is 23.8 Å². The highest BCUT2D eigenvalue weighted by molar-refractivity contribution is 6.29. The maximum Gasteiger partial charge on any atom is 0.223 e. The highest BCUT2D eigenvalue weighted by Gasteiger charge is 2.41. The topological polar surface area (TPSA) is 75.4 Å². The lowest BCUT2D eigenvalue weighted by atomic mass is 9.63. The molecule has 6 heteroatoms. The minimum atomic E-state index is 0.0343. The largest absolute Gasteiger partial charge is 0.353 e. The first-order valence-electron chi connectivity index (χ1n) is 10.2. The van der Waals surface area contributed by atoms with E-state index in [9.17, 15) is 9.59 Å². The van der Waals surface area contributed by atoms with Gasteiger partial charge in [-0.3, -0.25) is 9.59 Å². The van der Waals surface area contributed by atoms with Gasteiger partial charge >= 0.3 is 0 Å². The molecule has 0 spiro atoms. The fraction of sp³-hybridized carbons (Fsp3) is 0.714. The van der Waals surface area contributed by atoms with Crippen molar-refractivity contribution in [3.63, 3.8) is 0 Å². The van der Waals surface area contributed by atoms with Gasteiger partial charge in [0.1, 0.15) is 0 Å². The van der Waals surface area contributed by atoms with Crippen LogP contribution < -0.4 is 11.1 Å². The number of nitrogens with zero attached hydrogens (tertiary/aromatic N) is 1. The summed E-state index contributed by atoms with van der Waals surface area (Å²) in [7, 11) is 0. The SMILES string of the molecule is CC(=O)N1CCC(C(=O)N[C@H]2CC[C@@](CN)(C3C=CC=C(Cl)C3)CC2)CC1.